The second-order valence-corrected chi connectivity index (χ2v) is 6.28. The van der Waals surface area contributed by atoms with Gasteiger partial charge in [0.1, 0.15) is 5.82 Å². The molecule has 0 heterocycles. The Morgan fingerprint density at radius 2 is 2.10 bits per heavy atom. The van der Waals surface area contributed by atoms with Crippen molar-refractivity contribution in [3.8, 4) is 0 Å². The number of anilines is 1. The molecule has 2 unspecified atom stereocenters. The van der Waals surface area contributed by atoms with Crippen LogP contribution in [0.3, 0.4) is 0 Å². The molecule has 2 atom stereocenters. The molecule has 21 heavy (non-hydrogen) atoms. The second kappa shape index (κ2) is 6.46. The summed E-state index contributed by atoms with van der Waals surface area (Å²) in [5, 5.41) is 9.76. The van der Waals surface area contributed by atoms with Gasteiger partial charge in [-0.3, -0.25) is 4.79 Å². The predicted octanol–water partition coefficient (Wildman–Crippen LogP) is 3.93. The lowest BCUT2D eigenvalue weighted by Crippen LogP contribution is -2.46. The lowest BCUT2D eigenvalue weighted by molar-refractivity contribution is -0.151. The van der Waals surface area contributed by atoms with E-state index >= 15 is 0 Å². The monoisotopic (exact) mass is 293 g/mol. The smallest absolute Gasteiger partial charge is 0.311 e. The molecule has 0 amide bonds. The number of carboxylic acids is 1. The second-order valence-electron chi connectivity index (χ2n) is 6.28. The molecule has 0 aliphatic heterocycles. The molecule has 1 aromatic rings. The van der Waals surface area contributed by atoms with Gasteiger partial charge in [0.2, 0.25) is 0 Å². The molecule has 2 rings (SSSR count). The Kier molecular flexibility index (Phi) is 4.86. The highest BCUT2D eigenvalue weighted by molar-refractivity contribution is 5.76. The lowest BCUT2D eigenvalue weighted by Gasteiger charge is -2.40. The van der Waals surface area contributed by atoms with E-state index in [0.717, 1.165) is 37.9 Å². The van der Waals surface area contributed by atoms with Crippen LogP contribution in [0.4, 0.5) is 10.1 Å². The summed E-state index contributed by atoms with van der Waals surface area (Å²) in [6.45, 7) is 5.35. The van der Waals surface area contributed by atoms with Crippen LogP contribution in [0.2, 0.25) is 0 Å². The zero-order valence-corrected chi connectivity index (χ0v) is 12.8. The zero-order chi connectivity index (χ0) is 15.5. The molecule has 1 aliphatic rings. The van der Waals surface area contributed by atoms with Crippen molar-refractivity contribution < 1.29 is 14.3 Å². The van der Waals surface area contributed by atoms with Gasteiger partial charge >= 0.3 is 5.97 Å². The molecular formula is C17H24FNO2. The van der Waals surface area contributed by atoms with Gasteiger partial charge in [0.25, 0.3) is 0 Å². The number of benzene rings is 1. The van der Waals surface area contributed by atoms with Crippen LogP contribution >= 0.6 is 0 Å². The Morgan fingerprint density at radius 3 is 2.62 bits per heavy atom. The van der Waals surface area contributed by atoms with Crippen LogP contribution in [0, 0.1) is 17.2 Å². The highest BCUT2D eigenvalue weighted by Crippen LogP contribution is 2.41. The quantitative estimate of drug-likeness (QED) is 0.894. The average molecular weight is 293 g/mol. The summed E-state index contributed by atoms with van der Waals surface area (Å²) in [6, 6.07) is 6.30. The first-order valence-electron chi connectivity index (χ1n) is 7.71. The molecule has 116 valence electrons. The molecule has 0 spiro atoms. The van der Waals surface area contributed by atoms with Crippen molar-refractivity contribution in [1.29, 1.82) is 0 Å². The summed E-state index contributed by atoms with van der Waals surface area (Å²) in [6.07, 6.45) is 3.52. The fourth-order valence-electron chi connectivity index (χ4n) is 3.47. The number of rotatable bonds is 5. The van der Waals surface area contributed by atoms with E-state index in [1.54, 1.807) is 12.1 Å². The minimum Gasteiger partial charge on any atom is -0.481 e. The molecule has 0 saturated heterocycles. The third-order valence-corrected chi connectivity index (χ3v) is 4.61. The van der Waals surface area contributed by atoms with E-state index in [9.17, 15) is 14.3 Å². The molecule has 1 fully saturated rings. The summed E-state index contributed by atoms with van der Waals surface area (Å²) >= 11 is 0. The first-order chi connectivity index (χ1) is 9.97. The largest absolute Gasteiger partial charge is 0.481 e. The number of nitrogens with zero attached hydrogens (tertiary/aromatic N) is 1. The molecule has 1 aliphatic carbocycles. The normalized spacial score (nSPS) is 25.6. The van der Waals surface area contributed by atoms with Gasteiger partial charge < -0.3 is 10.0 Å². The molecule has 3 nitrogen and oxygen atoms in total. The summed E-state index contributed by atoms with van der Waals surface area (Å²) in [5.74, 6) is -0.523. The van der Waals surface area contributed by atoms with Crippen LogP contribution < -0.4 is 4.90 Å². The van der Waals surface area contributed by atoms with Crippen LogP contribution in [0.25, 0.3) is 0 Å². The highest BCUT2D eigenvalue weighted by Gasteiger charge is 2.43. The SMILES string of the molecule is CCN(CC1(C(=O)O)CCCC(C)C1)c1ccc(F)cc1. The molecule has 0 radical (unpaired) electrons. The van der Waals surface area contributed by atoms with Gasteiger partial charge in [0.05, 0.1) is 5.41 Å². The van der Waals surface area contributed by atoms with Crippen molar-refractivity contribution in [2.75, 3.05) is 18.0 Å². The number of hydrogen-bond donors (Lipinski definition) is 1. The minimum atomic E-state index is -0.699. The van der Waals surface area contributed by atoms with Crippen LogP contribution in [-0.4, -0.2) is 24.2 Å². The van der Waals surface area contributed by atoms with E-state index in [-0.39, 0.29) is 5.82 Å². The molecular weight excluding hydrogens is 269 g/mol. The fourth-order valence-corrected chi connectivity index (χ4v) is 3.47. The number of carbonyl (C=O) groups is 1. The van der Waals surface area contributed by atoms with Gasteiger partial charge in [0, 0.05) is 18.8 Å². The first-order valence-corrected chi connectivity index (χ1v) is 7.71. The topological polar surface area (TPSA) is 40.5 Å². The van der Waals surface area contributed by atoms with Gasteiger partial charge in [-0.2, -0.15) is 0 Å². The molecule has 4 heteroatoms. The van der Waals surface area contributed by atoms with Crippen molar-refractivity contribution >= 4 is 11.7 Å². The maximum atomic E-state index is 13.1. The summed E-state index contributed by atoms with van der Waals surface area (Å²) in [7, 11) is 0. The third-order valence-electron chi connectivity index (χ3n) is 4.61. The fraction of sp³-hybridized carbons (Fsp3) is 0.588. The Morgan fingerprint density at radius 1 is 1.43 bits per heavy atom. The van der Waals surface area contributed by atoms with Crippen LogP contribution in [0.5, 0.6) is 0 Å². The molecule has 1 aromatic carbocycles. The van der Waals surface area contributed by atoms with Crippen molar-refractivity contribution in [2.24, 2.45) is 11.3 Å². The third kappa shape index (κ3) is 3.55. The van der Waals surface area contributed by atoms with E-state index in [1.807, 2.05) is 11.8 Å². The van der Waals surface area contributed by atoms with E-state index < -0.39 is 11.4 Å². The van der Waals surface area contributed by atoms with Gasteiger partial charge in [-0.15, -0.1) is 0 Å². The van der Waals surface area contributed by atoms with E-state index in [0.29, 0.717) is 12.5 Å². The van der Waals surface area contributed by atoms with Crippen molar-refractivity contribution in [3.05, 3.63) is 30.1 Å². The average Bonchev–Trinajstić information content (AvgIpc) is 2.46. The Labute approximate surface area is 125 Å². The Hall–Kier alpha value is -1.58. The van der Waals surface area contributed by atoms with Gasteiger partial charge in [-0.05, 0) is 49.9 Å². The first kappa shape index (κ1) is 15.8. The number of hydrogen-bond acceptors (Lipinski definition) is 2. The Balaban J connectivity index is 2.21. The highest BCUT2D eigenvalue weighted by atomic mass is 19.1. The van der Waals surface area contributed by atoms with E-state index in [4.69, 9.17) is 0 Å². The van der Waals surface area contributed by atoms with Gasteiger partial charge in [0.15, 0.2) is 0 Å². The minimum absolute atomic E-state index is 0.269. The maximum Gasteiger partial charge on any atom is 0.311 e. The van der Waals surface area contributed by atoms with E-state index in [1.165, 1.54) is 12.1 Å². The summed E-state index contributed by atoms with van der Waals surface area (Å²) in [5.41, 5.74) is 0.208. The zero-order valence-electron chi connectivity index (χ0n) is 12.8. The Bertz CT molecular complexity index is 488. The van der Waals surface area contributed by atoms with E-state index in [2.05, 4.69) is 6.92 Å². The standard InChI is InChI=1S/C17H24FNO2/c1-3-19(15-8-6-14(18)7-9-15)12-17(16(20)21)10-4-5-13(2)11-17/h6-9,13H,3-5,10-12H2,1-2H3,(H,20,21). The summed E-state index contributed by atoms with van der Waals surface area (Å²) in [4.78, 5) is 13.9. The maximum absolute atomic E-state index is 13.1. The van der Waals surface area contributed by atoms with Crippen LogP contribution in [0.15, 0.2) is 24.3 Å². The van der Waals surface area contributed by atoms with Crippen LogP contribution in [-0.2, 0) is 4.79 Å². The van der Waals surface area contributed by atoms with Crippen molar-refractivity contribution in [2.45, 2.75) is 39.5 Å². The molecule has 0 aromatic heterocycles. The van der Waals surface area contributed by atoms with Crippen LogP contribution in [0.1, 0.15) is 39.5 Å². The summed E-state index contributed by atoms with van der Waals surface area (Å²) < 4.78 is 13.1. The number of carboxylic acid groups (broad SMARTS) is 1. The molecule has 0 bridgehead atoms. The van der Waals surface area contributed by atoms with Crippen molar-refractivity contribution in [3.63, 3.8) is 0 Å². The predicted molar refractivity (Wildman–Crippen MR) is 82.0 cm³/mol. The van der Waals surface area contributed by atoms with Gasteiger partial charge in [-0.1, -0.05) is 19.8 Å². The molecule has 1 saturated carbocycles. The number of halogens is 1. The molecule has 1 N–H and O–H groups in total. The number of aliphatic carboxylic acids is 1. The van der Waals surface area contributed by atoms with Crippen molar-refractivity contribution in [1.82, 2.24) is 0 Å². The lowest BCUT2D eigenvalue weighted by atomic mass is 9.69. The van der Waals surface area contributed by atoms with Gasteiger partial charge in [-0.25, -0.2) is 4.39 Å².